The number of thiophene rings is 1. The van der Waals surface area contributed by atoms with Crippen molar-refractivity contribution < 1.29 is 18.7 Å². The molecule has 1 N–H and O–H groups in total. The molecular formula is C21H25FN2O3S. The van der Waals surface area contributed by atoms with Crippen LogP contribution in [0.3, 0.4) is 0 Å². The van der Waals surface area contributed by atoms with Crippen molar-refractivity contribution in [3.8, 4) is 5.75 Å². The molecule has 28 heavy (non-hydrogen) atoms. The van der Waals surface area contributed by atoms with Crippen molar-refractivity contribution in [1.82, 2.24) is 5.32 Å². The van der Waals surface area contributed by atoms with Crippen LogP contribution in [0, 0.1) is 0 Å². The Labute approximate surface area is 168 Å². The van der Waals surface area contributed by atoms with Crippen molar-refractivity contribution in [1.29, 1.82) is 0 Å². The highest BCUT2D eigenvalue weighted by atomic mass is 32.1. The molecule has 2 amide bonds. The van der Waals surface area contributed by atoms with Gasteiger partial charge < -0.3 is 10.1 Å². The Hall–Kier alpha value is -2.41. The van der Waals surface area contributed by atoms with Crippen LogP contribution in [0.2, 0.25) is 0 Å². The van der Waals surface area contributed by atoms with Gasteiger partial charge in [0, 0.05) is 16.6 Å². The van der Waals surface area contributed by atoms with Crippen LogP contribution in [-0.2, 0) is 9.59 Å². The number of nitrogens with one attached hydrogen (secondary N) is 1. The third-order valence-corrected chi connectivity index (χ3v) is 5.93. The van der Waals surface area contributed by atoms with E-state index in [9.17, 15) is 14.0 Å². The van der Waals surface area contributed by atoms with Gasteiger partial charge in [0.15, 0.2) is 6.67 Å². The van der Waals surface area contributed by atoms with Gasteiger partial charge in [0.2, 0.25) is 5.91 Å². The molecule has 0 bridgehead atoms. The third-order valence-electron chi connectivity index (χ3n) is 5.00. The lowest BCUT2D eigenvalue weighted by molar-refractivity contribution is -0.127. The van der Waals surface area contributed by atoms with Gasteiger partial charge in [-0.1, -0.05) is 25.3 Å². The van der Waals surface area contributed by atoms with Crippen molar-refractivity contribution in [2.45, 2.75) is 44.2 Å². The molecule has 5 nitrogen and oxygen atoms in total. The zero-order valence-corrected chi connectivity index (χ0v) is 16.7. The van der Waals surface area contributed by atoms with E-state index in [4.69, 9.17) is 4.74 Å². The number of hydrogen-bond donors (Lipinski definition) is 1. The summed E-state index contributed by atoms with van der Waals surface area (Å²) in [5, 5.41) is 4.94. The second-order valence-corrected chi connectivity index (χ2v) is 7.84. The molecule has 1 heterocycles. The highest BCUT2D eigenvalue weighted by Crippen LogP contribution is 2.32. The number of carbonyl (C=O) groups excluding carboxylic acids is 2. The van der Waals surface area contributed by atoms with Crippen LogP contribution in [0.1, 0.15) is 43.0 Å². The van der Waals surface area contributed by atoms with Crippen LogP contribution in [0.5, 0.6) is 5.75 Å². The van der Waals surface area contributed by atoms with Crippen LogP contribution >= 0.6 is 11.3 Å². The van der Waals surface area contributed by atoms with E-state index in [1.165, 1.54) is 22.7 Å². The summed E-state index contributed by atoms with van der Waals surface area (Å²) in [6, 6.07) is 9.55. The Morgan fingerprint density at radius 2 is 1.93 bits per heavy atom. The van der Waals surface area contributed by atoms with Gasteiger partial charge in [-0.3, -0.25) is 14.5 Å². The zero-order valence-electron chi connectivity index (χ0n) is 15.9. The van der Waals surface area contributed by atoms with Gasteiger partial charge in [-0.25, -0.2) is 4.39 Å². The molecule has 1 atom stereocenters. The van der Waals surface area contributed by atoms with E-state index in [2.05, 4.69) is 5.32 Å². The summed E-state index contributed by atoms with van der Waals surface area (Å²) in [6.45, 7) is -1.18. The van der Waals surface area contributed by atoms with E-state index < -0.39 is 18.6 Å². The summed E-state index contributed by atoms with van der Waals surface area (Å²) < 4.78 is 18.6. The molecule has 0 aliphatic heterocycles. The zero-order chi connectivity index (χ0) is 19.9. The number of methoxy groups -OCH3 is 1. The number of nitrogens with zero attached hydrogens (tertiary/aromatic N) is 1. The number of anilines is 1. The minimum Gasteiger partial charge on any atom is -0.497 e. The van der Waals surface area contributed by atoms with Crippen molar-refractivity contribution in [3.05, 3.63) is 46.7 Å². The van der Waals surface area contributed by atoms with Crippen LogP contribution < -0.4 is 15.0 Å². The number of amides is 2. The number of carbonyl (C=O) groups is 2. The molecule has 2 aromatic rings. The Bertz CT molecular complexity index is 773. The van der Waals surface area contributed by atoms with Crippen molar-refractivity contribution in [2.75, 3.05) is 18.7 Å². The molecule has 7 heteroatoms. The number of hydrogen-bond acceptors (Lipinski definition) is 4. The Morgan fingerprint density at radius 3 is 2.50 bits per heavy atom. The highest BCUT2D eigenvalue weighted by molar-refractivity contribution is 7.10. The summed E-state index contributed by atoms with van der Waals surface area (Å²) >= 11 is 1.38. The monoisotopic (exact) mass is 404 g/mol. The van der Waals surface area contributed by atoms with Gasteiger partial charge in [-0.2, -0.15) is 0 Å². The molecule has 1 fully saturated rings. The maximum Gasteiger partial charge on any atom is 0.259 e. The van der Waals surface area contributed by atoms with Gasteiger partial charge in [-0.05, 0) is 48.6 Å². The first kappa shape index (κ1) is 20.3. The molecule has 3 rings (SSSR count). The van der Waals surface area contributed by atoms with Crippen LogP contribution in [0.25, 0.3) is 0 Å². The topological polar surface area (TPSA) is 58.6 Å². The molecular weight excluding hydrogens is 379 g/mol. The normalized spacial score (nSPS) is 15.6. The second kappa shape index (κ2) is 9.68. The lowest BCUT2D eigenvalue weighted by Crippen LogP contribution is -2.47. The molecule has 1 aliphatic rings. The van der Waals surface area contributed by atoms with Gasteiger partial charge in [0.05, 0.1) is 7.11 Å². The first-order chi connectivity index (χ1) is 13.6. The Kier molecular flexibility index (Phi) is 7.03. The van der Waals surface area contributed by atoms with E-state index in [-0.39, 0.29) is 11.9 Å². The smallest absolute Gasteiger partial charge is 0.259 e. The van der Waals surface area contributed by atoms with Crippen molar-refractivity contribution in [2.24, 2.45) is 0 Å². The minimum absolute atomic E-state index is 0.0990. The second-order valence-electron chi connectivity index (χ2n) is 6.86. The first-order valence-corrected chi connectivity index (χ1v) is 10.4. The van der Waals surface area contributed by atoms with E-state index in [0.717, 1.165) is 25.7 Å². The third kappa shape index (κ3) is 4.70. The van der Waals surface area contributed by atoms with Gasteiger partial charge in [0.1, 0.15) is 11.8 Å². The van der Waals surface area contributed by atoms with Crippen LogP contribution in [-0.4, -0.2) is 31.6 Å². The maximum atomic E-state index is 13.4. The Morgan fingerprint density at radius 1 is 1.21 bits per heavy atom. The average Bonchev–Trinajstić information content (AvgIpc) is 3.26. The number of benzene rings is 1. The summed E-state index contributed by atoms with van der Waals surface area (Å²) in [6.07, 6.45) is 5.21. The lowest BCUT2D eigenvalue weighted by atomic mass is 9.95. The minimum atomic E-state index is -1.18. The number of alkyl halides is 1. The number of ether oxygens (including phenoxy) is 1. The van der Waals surface area contributed by atoms with Gasteiger partial charge >= 0.3 is 0 Å². The summed E-state index contributed by atoms with van der Waals surface area (Å²) in [4.78, 5) is 27.7. The number of halogens is 1. The van der Waals surface area contributed by atoms with Crippen LogP contribution in [0.15, 0.2) is 41.8 Å². The fourth-order valence-electron chi connectivity index (χ4n) is 3.59. The van der Waals surface area contributed by atoms with Gasteiger partial charge in [-0.15, -0.1) is 11.3 Å². The lowest BCUT2D eigenvalue weighted by Gasteiger charge is -2.32. The molecule has 1 aromatic carbocycles. The fraction of sp³-hybridized carbons (Fsp3) is 0.429. The molecule has 0 spiro atoms. The number of rotatable bonds is 7. The predicted molar refractivity (Wildman–Crippen MR) is 109 cm³/mol. The molecule has 150 valence electrons. The molecule has 1 saturated carbocycles. The predicted octanol–water partition coefficient (Wildman–Crippen LogP) is 4.25. The molecule has 1 aromatic heterocycles. The van der Waals surface area contributed by atoms with E-state index in [1.54, 1.807) is 37.4 Å². The quantitative estimate of drug-likeness (QED) is 0.751. The Balaban J connectivity index is 1.94. The summed E-state index contributed by atoms with van der Waals surface area (Å²) in [5.41, 5.74) is 0.459. The molecule has 1 unspecified atom stereocenters. The SMILES string of the molecule is COc1ccc(N(C(=O)CF)C(C(=O)NC2CCCCC2)c2cccs2)cc1. The van der Waals surface area contributed by atoms with Gasteiger partial charge in [0.25, 0.3) is 5.91 Å². The largest absolute Gasteiger partial charge is 0.497 e. The molecule has 0 saturated heterocycles. The van der Waals surface area contributed by atoms with Crippen molar-refractivity contribution in [3.63, 3.8) is 0 Å². The summed E-state index contributed by atoms with van der Waals surface area (Å²) in [5.74, 6) is -0.398. The highest BCUT2D eigenvalue weighted by Gasteiger charge is 2.34. The molecule has 0 radical (unpaired) electrons. The van der Waals surface area contributed by atoms with Crippen LogP contribution in [0.4, 0.5) is 10.1 Å². The van der Waals surface area contributed by atoms with Crippen molar-refractivity contribution >= 4 is 28.8 Å². The fourth-order valence-corrected chi connectivity index (χ4v) is 4.40. The van der Waals surface area contributed by atoms with E-state index in [0.29, 0.717) is 16.3 Å². The standard InChI is InChI=1S/C21H25FN2O3S/c1-27-17-11-9-16(10-12-17)24(19(25)14-22)20(18-8-5-13-28-18)21(26)23-15-6-3-2-4-7-15/h5,8-13,15,20H,2-4,6-7,14H2,1H3,(H,23,26). The summed E-state index contributed by atoms with van der Waals surface area (Å²) in [7, 11) is 1.55. The van der Waals surface area contributed by atoms with E-state index >= 15 is 0 Å². The molecule has 1 aliphatic carbocycles. The average molecular weight is 405 g/mol. The van der Waals surface area contributed by atoms with E-state index in [1.807, 2.05) is 11.4 Å². The maximum absolute atomic E-state index is 13.4. The first-order valence-electron chi connectivity index (χ1n) is 9.50.